The quantitative estimate of drug-likeness (QED) is 0.730. The van der Waals surface area contributed by atoms with Gasteiger partial charge in [0.05, 0.1) is 5.56 Å². The maximum atomic E-state index is 14.0. The summed E-state index contributed by atoms with van der Waals surface area (Å²) >= 11 is 0. The van der Waals surface area contributed by atoms with Gasteiger partial charge in [-0.25, -0.2) is 8.78 Å². The molecular formula is C15H12F2O. The maximum Gasteiger partial charge on any atom is 0.153 e. The van der Waals surface area contributed by atoms with Crippen LogP contribution in [-0.4, -0.2) is 6.29 Å². The average Bonchev–Trinajstić information content (AvgIpc) is 2.30. The van der Waals surface area contributed by atoms with Crippen molar-refractivity contribution in [1.82, 2.24) is 0 Å². The predicted molar refractivity (Wildman–Crippen MR) is 66.7 cm³/mol. The second-order valence-electron chi connectivity index (χ2n) is 4.29. The molecule has 0 heterocycles. The van der Waals surface area contributed by atoms with Gasteiger partial charge in [0.2, 0.25) is 0 Å². The van der Waals surface area contributed by atoms with E-state index in [9.17, 15) is 13.6 Å². The molecule has 0 aromatic heterocycles. The summed E-state index contributed by atoms with van der Waals surface area (Å²) in [5.41, 5.74) is 2.44. The number of hydrogen-bond acceptors (Lipinski definition) is 1. The van der Waals surface area contributed by atoms with Crippen LogP contribution in [0.15, 0.2) is 30.3 Å². The maximum absolute atomic E-state index is 14.0. The van der Waals surface area contributed by atoms with E-state index in [4.69, 9.17) is 0 Å². The lowest BCUT2D eigenvalue weighted by Crippen LogP contribution is -1.94. The number of benzene rings is 2. The van der Waals surface area contributed by atoms with Crippen LogP contribution in [0.1, 0.15) is 21.5 Å². The van der Waals surface area contributed by atoms with Crippen molar-refractivity contribution in [2.24, 2.45) is 0 Å². The molecule has 2 rings (SSSR count). The van der Waals surface area contributed by atoms with Crippen molar-refractivity contribution in [3.63, 3.8) is 0 Å². The van der Waals surface area contributed by atoms with E-state index in [2.05, 4.69) is 0 Å². The summed E-state index contributed by atoms with van der Waals surface area (Å²) in [5.74, 6) is -0.963. The highest BCUT2D eigenvalue weighted by atomic mass is 19.1. The first-order chi connectivity index (χ1) is 8.52. The second-order valence-corrected chi connectivity index (χ2v) is 4.29. The zero-order valence-electron chi connectivity index (χ0n) is 10.1. The summed E-state index contributed by atoms with van der Waals surface area (Å²) in [5, 5.41) is 0. The topological polar surface area (TPSA) is 17.1 Å². The standard InChI is InChI=1S/C15H12F2O/c1-9-5-10(2)15(14(17)6-9)11-3-4-13(16)12(7-11)8-18/h3-8H,1-2H3. The smallest absolute Gasteiger partial charge is 0.153 e. The Balaban J connectivity index is 2.66. The van der Waals surface area contributed by atoms with Gasteiger partial charge in [0, 0.05) is 5.56 Å². The first-order valence-corrected chi connectivity index (χ1v) is 5.55. The Bertz CT molecular complexity index is 595. The van der Waals surface area contributed by atoms with E-state index in [1.54, 1.807) is 13.8 Å². The van der Waals surface area contributed by atoms with Crippen molar-refractivity contribution >= 4 is 6.29 Å². The number of carbonyl (C=O) groups is 1. The molecule has 0 saturated carbocycles. The summed E-state index contributed by atoms with van der Waals surface area (Å²) < 4.78 is 27.2. The number of rotatable bonds is 2. The Morgan fingerprint density at radius 1 is 1.00 bits per heavy atom. The van der Waals surface area contributed by atoms with Crippen molar-refractivity contribution in [2.75, 3.05) is 0 Å². The van der Waals surface area contributed by atoms with Crippen LogP contribution in [0.4, 0.5) is 8.78 Å². The molecule has 0 fully saturated rings. The van der Waals surface area contributed by atoms with Gasteiger partial charge in [0.15, 0.2) is 6.29 Å². The molecule has 0 aliphatic rings. The molecule has 0 aliphatic carbocycles. The molecule has 2 aromatic carbocycles. The van der Waals surface area contributed by atoms with Crippen molar-refractivity contribution in [3.8, 4) is 11.1 Å². The summed E-state index contributed by atoms with van der Waals surface area (Å²) in [6.07, 6.45) is 0.431. The minimum Gasteiger partial charge on any atom is -0.298 e. The molecule has 0 amide bonds. The Morgan fingerprint density at radius 3 is 2.33 bits per heavy atom. The van der Waals surface area contributed by atoms with Gasteiger partial charge in [-0.1, -0.05) is 12.1 Å². The number of aldehydes is 1. The third-order valence-electron chi connectivity index (χ3n) is 2.84. The van der Waals surface area contributed by atoms with Crippen LogP contribution in [0, 0.1) is 25.5 Å². The lowest BCUT2D eigenvalue weighted by atomic mass is 9.96. The Morgan fingerprint density at radius 2 is 1.72 bits per heavy atom. The predicted octanol–water partition coefficient (Wildman–Crippen LogP) is 4.06. The van der Waals surface area contributed by atoms with Crippen LogP contribution >= 0.6 is 0 Å². The normalized spacial score (nSPS) is 10.4. The molecule has 92 valence electrons. The van der Waals surface area contributed by atoms with Gasteiger partial charge < -0.3 is 0 Å². The van der Waals surface area contributed by atoms with Crippen LogP contribution < -0.4 is 0 Å². The lowest BCUT2D eigenvalue weighted by Gasteiger charge is -2.10. The SMILES string of the molecule is Cc1cc(C)c(-c2ccc(F)c(C=O)c2)c(F)c1. The number of aryl methyl sites for hydroxylation is 2. The van der Waals surface area contributed by atoms with Crippen molar-refractivity contribution in [1.29, 1.82) is 0 Å². The summed E-state index contributed by atoms with van der Waals surface area (Å²) in [4.78, 5) is 10.7. The first-order valence-electron chi connectivity index (χ1n) is 5.55. The van der Waals surface area contributed by atoms with E-state index in [1.165, 1.54) is 24.3 Å². The van der Waals surface area contributed by atoms with Gasteiger partial charge in [0.25, 0.3) is 0 Å². The Labute approximate surface area is 104 Å². The van der Waals surface area contributed by atoms with Crippen LogP contribution in [0.5, 0.6) is 0 Å². The zero-order valence-corrected chi connectivity index (χ0v) is 10.1. The summed E-state index contributed by atoms with van der Waals surface area (Å²) in [6, 6.07) is 7.29. The van der Waals surface area contributed by atoms with Crippen molar-refractivity contribution in [3.05, 3.63) is 58.7 Å². The Hall–Kier alpha value is -2.03. The number of halogens is 2. The molecular weight excluding hydrogens is 234 g/mol. The fraction of sp³-hybridized carbons (Fsp3) is 0.133. The van der Waals surface area contributed by atoms with Gasteiger partial charge >= 0.3 is 0 Å². The lowest BCUT2D eigenvalue weighted by molar-refractivity contribution is 0.112. The second kappa shape index (κ2) is 4.69. The van der Waals surface area contributed by atoms with Gasteiger partial charge in [-0.15, -0.1) is 0 Å². The van der Waals surface area contributed by atoms with E-state index in [1.807, 2.05) is 6.07 Å². The van der Waals surface area contributed by atoms with Gasteiger partial charge in [-0.2, -0.15) is 0 Å². The molecule has 0 atom stereocenters. The molecule has 0 N–H and O–H groups in total. The zero-order chi connectivity index (χ0) is 13.3. The molecule has 0 aliphatic heterocycles. The van der Waals surface area contributed by atoms with Gasteiger partial charge in [0.1, 0.15) is 11.6 Å². The number of hydrogen-bond donors (Lipinski definition) is 0. The van der Waals surface area contributed by atoms with E-state index in [0.29, 0.717) is 17.4 Å². The third-order valence-corrected chi connectivity index (χ3v) is 2.84. The molecule has 0 saturated heterocycles. The number of carbonyl (C=O) groups excluding carboxylic acids is 1. The van der Waals surface area contributed by atoms with Crippen LogP contribution in [0.2, 0.25) is 0 Å². The molecule has 3 heteroatoms. The van der Waals surface area contributed by atoms with Crippen molar-refractivity contribution in [2.45, 2.75) is 13.8 Å². The molecule has 18 heavy (non-hydrogen) atoms. The fourth-order valence-corrected chi connectivity index (χ4v) is 2.07. The largest absolute Gasteiger partial charge is 0.298 e. The molecule has 0 bridgehead atoms. The van der Waals surface area contributed by atoms with E-state index in [0.717, 1.165) is 11.1 Å². The monoisotopic (exact) mass is 246 g/mol. The van der Waals surface area contributed by atoms with Crippen LogP contribution in [-0.2, 0) is 0 Å². The van der Waals surface area contributed by atoms with Crippen LogP contribution in [0.25, 0.3) is 11.1 Å². The summed E-state index contributed by atoms with van der Waals surface area (Å²) in [6.45, 7) is 3.59. The van der Waals surface area contributed by atoms with Gasteiger partial charge in [-0.3, -0.25) is 4.79 Å². The highest BCUT2D eigenvalue weighted by Gasteiger charge is 2.11. The molecule has 2 aromatic rings. The highest BCUT2D eigenvalue weighted by molar-refractivity contribution is 5.80. The fourth-order valence-electron chi connectivity index (χ4n) is 2.07. The minimum absolute atomic E-state index is 0.0631. The van der Waals surface area contributed by atoms with Crippen LogP contribution in [0.3, 0.4) is 0 Å². The molecule has 1 nitrogen and oxygen atoms in total. The Kier molecular flexibility index (Phi) is 3.24. The van der Waals surface area contributed by atoms with Crippen molar-refractivity contribution < 1.29 is 13.6 Å². The molecule has 0 unspecified atom stereocenters. The van der Waals surface area contributed by atoms with Gasteiger partial charge in [-0.05, 0) is 48.7 Å². The first kappa shape index (κ1) is 12.4. The van der Waals surface area contributed by atoms with E-state index < -0.39 is 5.82 Å². The summed E-state index contributed by atoms with van der Waals surface area (Å²) in [7, 11) is 0. The molecule has 0 radical (unpaired) electrons. The average molecular weight is 246 g/mol. The third kappa shape index (κ3) is 2.16. The minimum atomic E-state index is -0.598. The highest BCUT2D eigenvalue weighted by Crippen LogP contribution is 2.28. The van der Waals surface area contributed by atoms with E-state index >= 15 is 0 Å². The molecule has 0 spiro atoms. The van der Waals surface area contributed by atoms with E-state index in [-0.39, 0.29) is 11.4 Å².